The highest BCUT2D eigenvalue weighted by Crippen LogP contribution is 2.25. The molecule has 2 nitrogen and oxygen atoms in total. The van der Waals surface area contributed by atoms with Crippen molar-refractivity contribution in [3.63, 3.8) is 0 Å². The van der Waals surface area contributed by atoms with Crippen LogP contribution in [0.5, 0.6) is 0 Å². The molecule has 88 valence electrons. The van der Waals surface area contributed by atoms with Crippen molar-refractivity contribution < 1.29 is 18.7 Å². The highest BCUT2D eigenvalue weighted by Gasteiger charge is 2.22. The molecule has 1 N–H and O–H groups in total. The van der Waals surface area contributed by atoms with Gasteiger partial charge in [-0.2, -0.15) is 0 Å². The van der Waals surface area contributed by atoms with Crippen molar-refractivity contribution in [2.75, 3.05) is 0 Å². The van der Waals surface area contributed by atoms with Gasteiger partial charge in [-0.25, -0.2) is 8.78 Å². The average molecular weight is 228 g/mol. The normalized spacial score (nSPS) is 12.8. The Morgan fingerprint density at radius 2 is 1.75 bits per heavy atom. The predicted molar refractivity (Wildman–Crippen MR) is 56.2 cm³/mol. The van der Waals surface area contributed by atoms with Crippen LogP contribution in [0.25, 0.3) is 0 Å². The molecule has 1 unspecified atom stereocenters. The number of carbonyl (C=O) groups is 1. The van der Waals surface area contributed by atoms with Crippen molar-refractivity contribution in [1.29, 1.82) is 0 Å². The Morgan fingerprint density at radius 1 is 1.25 bits per heavy atom. The maximum atomic E-state index is 13.0. The number of carboxylic acids is 1. The molecule has 1 rings (SSSR count). The monoisotopic (exact) mass is 228 g/mol. The van der Waals surface area contributed by atoms with Crippen molar-refractivity contribution in [2.45, 2.75) is 26.2 Å². The van der Waals surface area contributed by atoms with Crippen molar-refractivity contribution in [3.05, 3.63) is 35.4 Å². The lowest BCUT2D eigenvalue weighted by atomic mass is 9.90. The molecule has 0 aromatic heterocycles. The molecule has 0 aliphatic heterocycles. The zero-order chi connectivity index (χ0) is 12.3. The molecule has 16 heavy (non-hydrogen) atoms. The molecular weight excluding hydrogens is 214 g/mol. The van der Waals surface area contributed by atoms with Crippen molar-refractivity contribution in [1.82, 2.24) is 0 Å². The van der Waals surface area contributed by atoms with Crippen LogP contribution < -0.4 is 0 Å². The quantitative estimate of drug-likeness (QED) is 0.859. The maximum absolute atomic E-state index is 13.0. The zero-order valence-corrected chi connectivity index (χ0v) is 9.21. The van der Waals surface area contributed by atoms with Gasteiger partial charge in [-0.15, -0.1) is 0 Å². The van der Waals surface area contributed by atoms with Crippen molar-refractivity contribution >= 4 is 5.97 Å². The molecular formula is C12H14F2O2. The molecule has 0 aliphatic rings. The van der Waals surface area contributed by atoms with Gasteiger partial charge >= 0.3 is 5.97 Å². The highest BCUT2D eigenvalue weighted by atomic mass is 19.1. The van der Waals surface area contributed by atoms with Gasteiger partial charge in [0.25, 0.3) is 0 Å². The van der Waals surface area contributed by atoms with Crippen LogP contribution in [0.2, 0.25) is 0 Å². The number of hydrogen-bond donors (Lipinski definition) is 1. The smallest absolute Gasteiger partial charge is 0.310 e. The van der Waals surface area contributed by atoms with Gasteiger partial charge in [0.05, 0.1) is 5.92 Å². The van der Waals surface area contributed by atoms with Gasteiger partial charge in [-0.05, 0) is 30.0 Å². The highest BCUT2D eigenvalue weighted by molar-refractivity contribution is 5.76. The van der Waals surface area contributed by atoms with Crippen LogP contribution in [0, 0.1) is 17.6 Å². The summed E-state index contributed by atoms with van der Waals surface area (Å²) in [4.78, 5) is 11.0. The minimum Gasteiger partial charge on any atom is -0.481 e. The number of aliphatic carboxylic acids is 1. The van der Waals surface area contributed by atoms with Crippen LogP contribution in [0.15, 0.2) is 18.2 Å². The van der Waals surface area contributed by atoms with Crippen LogP contribution in [-0.4, -0.2) is 11.1 Å². The Balaban J connectivity index is 3.05. The third-order valence-corrected chi connectivity index (χ3v) is 2.29. The summed E-state index contributed by atoms with van der Waals surface area (Å²) in [5, 5.41) is 9.01. The van der Waals surface area contributed by atoms with Gasteiger partial charge in [-0.3, -0.25) is 4.79 Å². The third kappa shape index (κ3) is 3.29. The summed E-state index contributed by atoms with van der Waals surface area (Å²) >= 11 is 0. The summed E-state index contributed by atoms with van der Waals surface area (Å²) in [6.45, 7) is 3.73. The molecule has 0 radical (unpaired) electrons. The molecule has 0 saturated heterocycles. The van der Waals surface area contributed by atoms with Crippen LogP contribution >= 0.6 is 0 Å². The summed E-state index contributed by atoms with van der Waals surface area (Å²) < 4.78 is 25.9. The molecule has 0 saturated carbocycles. The van der Waals surface area contributed by atoms with E-state index in [-0.39, 0.29) is 11.5 Å². The fraction of sp³-hybridized carbons (Fsp3) is 0.417. The number of carboxylic acid groups (broad SMARTS) is 1. The molecule has 0 heterocycles. The summed E-state index contributed by atoms with van der Waals surface area (Å²) in [7, 11) is 0. The predicted octanol–water partition coefficient (Wildman–Crippen LogP) is 3.18. The summed E-state index contributed by atoms with van der Waals surface area (Å²) in [6, 6.07) is 2.88. The zero-order valence-electron chi connectivity index (χ0n) is 9.21. The first-order valence-corrected chi connectivity index (χ1v) is 5.09. The molecule has 0 spiro atoms. The first-order valence-electron chi connectivity index (χ1n) is 5.09. The summed E-state index contributed by atoms with van der Waals surface area (Å²) in [5.74, 6) is -3.26. The molecule has 0 aliphatic carbocycles. The standard InChI is InChI=1S/C12H14F2O2/c1-7(2)3-11(12(15)16)8-4-9(13)6-10(14)5-8/h4-7,11H,3H2,1-2H3,(H,15,16). The average Bonchev–Trinajstić information content (AvgIpc) is 2.11. The molecule has 0 bridgehead atoms. The lowest BCUT2D eigenvalue weighted by Gasteiger charge is -2.15. The SMILES string of the molecule is CC(C)CC(C(=O)O)c1cc(F)cc(F)c1. The van der Waals surface area contributed by atoms with Crippen LogP contribution in [0.4, 0.5) is 8.78 Å². The van der Waals surface area contributed by atoms with E-state index in [0.717, 1.165) is 18.2 Å². The third-order valence-electron chi connectivity index (χ3n) is 2.29. The second-order valence-electron chi connectivity index (χ2n) is 4.22. The Labute approximate surface area is 92.9 Å². The molecule has 4 heteroatoms. The number of halogens is 2. The van der Waals surface area contributed by atoms with Crippen LogP contribution in [0.3, 0.4) is 0 Å². The second-order valence-corrected chi connectivity index (χ2v) is 4.22. The number of hydrogen-bond acceptors (Lipinski definition) is 1. The van der Waals surface area contributed by atoms with Crippen LogP contribution in [0.1, 0.15) is 31.7 Å². The first-order chi connectivity index (χ1) is 7.40. The van der Waals surface area contributed by atoms with E-state index < -0.39 is 23.5 Å². The molecule has 1 aromatic rings. The van der Waals surface area contributed by atoms with Gasteiger partial charge in [0, 0.05) is 6.07 Å². The van der Waals surface area contributed by atoms with Gasteiger partial charge < -0.3 is 5.11 Å². The van der Waals surface area contributed by atoms with Gasteiger partial charge in [0.15, 0.2) is 0 Å². The Kier molecular flexibility index (Phi) is 3.99. The summed E-state index contributed by atoms with van der Waals surface area (Å²) in [6.07, 6.45) is 0.359. The van der Waals surface area contributed by atoms with E-state index in [9.17, 15) is 13.6 Å². The molecule has 0 fully saturated rings. The van der Waals surface area contributed by atoms with E-state index in [0.29, 0.717) is 6.42 Å². The van der Waals surface area contributed by atoms with Crippen molar-refractivity contribution in [3.8, 4) is 0 Å². The van der Waals surface area contributed by atoms with Crippen LogP contribution in [-0.2, 0) is 4.79 Å². The number of rotatable bonds is 4. The van der Waals surface area contributed by atoms with E-state index >= 15 is 0 Å². The van der Waals surface area contributed by atoms with E-state index in [1.807, 2.05) is 13.8 Å². The van der Waals surface area contributed by atoms with E-state index in [2.05, 4.69) is 0 Å². The first kappa shape index (κ1) is 12.6. The van der Waals surface area contributed by atoms with Gasteiger partial charge in [0.1, 0.15) is 11.6 Å². The minimum atomic E-state index is -1.06. The lowest BCUT2D eigenvalue weighted by Crippen LogP contribution is -2.14. The molecule has 0 amide bonds. The summed E-state index contributed by atoms with van der Waals surface area (Å²) in [5.41, 5.74) is 0.179. The minimum absolute atomic E-state index is 0.146. The van der Waals surface area contributed by atoms with E-state index in [1.54, 1.807) is 0 Å². The maximum Gasteiger partial charge on any atom is 0.310 e. The molecule has 1 aromatic carbocycles. The second kappa shape index (κ2) is 5.05. The van der Waals surface area contributed by atoms with E-state index in [4.69, 9.17) is 5.11 Å². The Morgan fingerprint density at radius 3 is 2.12 bits per heavy atom. The Hall–Kier alpha value is -1.45. The fourth-order valence-corrected chi connectivity index (χ4v) is 1.63. The topological polar surface area (TPSA) is 37.3 Å². The molecule has 1 atom stereocenters. The van der Waals surface area contributed by atoms with Gasteiger partial charge in [0.2, 0.25) is 0 Å². The van der Waals surface area contributed by atoms with E-state index in [1.165, 1.54) is 0 Å². The van der Waals surface area contributed by atoms with Crippen molar-refractivity contribution in [2.24, 2.45) is 5.92 Å². The number of benzene rings is 1. The van der Waals surface area contributed by atoms with Gasteiger partial charge in [-0.1, -0.05) is 13.8 Å². The fourth-order valence-electron chi connectivity index (χ4n) is 1.63. The largest absolute Gasteiger partial charge is 0.481 e. The Bertz CT molecular complexity index is 368. The lowest BCUT2D eigenvalue weighted by molar-refractivity contribution is -0.139.